The summed E-state index contributed by atoms with van der Waals surface area (Å²) in [5.74, 6) is -1.12. The number of nitro groups is 1. The Labute approximate surface area is 110 Å². The van der Waals surface area contributed by atoms with Crippen LogP contribution in [0, 0.1) is 10.1 Å². The number of likely N-dealkylation sites (N-methyl/N-ethyl adjacent to an activating group) is 1. The zero-order valence-corrected chi connectivity index (χ0v) is 11.0. The van der Waals surface area contributed by atoms with Crippen molar-refractivity contribution in [2.75, 3.05) is 25.6 Å². The summed E-state index contributed by atoms with van der Waals surface area (Å²) in [5.41, 5.74) is 0.180. The molecule has 0 aliphatic rings. The van der Waals surface area contributed by atoms with E-state index in [-0.39, 0.29) is 17.4 Å². The first kappa shape index (κ1) is 14.9. The zero-order valence-electron chi connectivity index (χ0n) is 11.0. The lowest BCUT2D eigenvalue weighted by atomic mass is 10.1. The number of rotatable bonds is 6. The van der Waals surface area contributed by atoms with Gasteiger partial charge in [0, 0.05) is 32.8 Å². The van der Waals surface area contributed by atoms with Crippen LogP contribution in [0.1, 0.15) is 17.3 Å². The van der Waals surface area contributed by atoms with Crippen molar-refractivity contribution >= 4 is 17.3 Å². The van der Waals surface area contributed by atoms with Gasteiger partial charge in [0.1, 0.15) is 0 Å². The van der Waals surface area contributed by atoms with Crippen LogP contribution in [-0.4, -0.2) is 42.8 Å². The third kappa shape index (κ3) is 3.65. The van der Waals surface area contributed by atoms with E-state index in [2.05, 4.69) is 0 Å². The molecule has 0 fully saturated rings. The van der Waals surface area contributed by atoms with Gasteiger partial charge in [-0.15, -0.1) is 0 Å². The third-order valence-electron chi connectivity index (χ3n) is 2.77. The van der Waals surface area contributed by atoms with Crippen molar-refractivity contribution in [3.8, 4) is 0 Å². The summed E-state index contributed by atoms with van der Waals surface area (Å²) in [5, 5.41) is 19.9. The van der Waals surface area contributed by atoms with Crippen LogP contribution in [-0.2, 0) is 4.74 Å². The van der Waals surface area contributed by atoms with Crippen molar-refractivity contribution in [3.05, 3.63) is 33.9 Å². The van der Waals surface area contributed by atoms with Gasteiger partial charge in [0.05, 0.1) is 22.3 Å². The maximum Gasteiger partial charge on any atom is 0.337 e. The second kappa shape index (κ2) is 6.14. The molecule has 0 saturated heterocycles. The maximum absolute atomic E-state index is 11.1. The van der Waals surface area contributed by atoms with Gasteiger partial charge in [-0.05, 0) is 13.0 Å². The summed E-state index contributed by atoms with van der Waals surface area (Å²) in [4.78, 5) is 23.0. The fourth-order valence-corrected chi connectivity index (χ4v) is 1.69. The van der Waals surface area contributed by atoms with Crippen molar-refractivity contribution in [2.24, 2.45) is 0 Å². The molecule has 1 aromatic rings. The van der Waals surface area contributed by atoms with Crippen LogP contribution in [0.15, 0.2) is 18.2 Å². The molecule has 0 saturated carbocycles. The van der Waals surface area contributed by atoms with Crippen LogP contribution < -0.4 is 4.90 Å². The van der Waals surface area contributed by atoms with Gasteiger partial charge in [-0.3, -0.25) is 10.1 Å². The highest BCUT2D eigenvalue weighted by molar-refractivity contribution is 5.95. The number of nitrogens with zero attached hydrogens (tertiary/aromatic N) is 2. The molecule has 7 heteroatoms. The molecule has 0 aliphatic heterocycles. The molecular weight excluding hydrogens is 252 g/mol. The first-order valence-electron chi connectivity index (χ1n) is 5.62. The lowest BCUT2D eigenvalue weighted by molar-refractivity contribution is -0.384. The van der Waals surface area contributed by atoms with E-state index in [1.54, 1.807) is 19.1 Å². The van der Waals surface area contributed by atoms with E-state index >= 15 is 0 Å². The summed E-state index contributed by atoms with van der Waals surface area (Å²) in [6.45, 7) is 2.26. The van der Waals surface area contributed by atoms with Crippen LogP contribution in [0.25, 0.3) is 0 Å². The lowest BCUT2D eigenvalue weighted by Crippen LogP contribution is -2.29. The van der Waals surface area contributed by atoms with Crippen LogP contribution in [0.2, 0.25) is 0 Å². The topological polar surface area (TPSA) is 92.9 Å². The lowest BCUT2D eigenvalue weighted by Gasteiger charge is -2.23. The number of non-ortho nitro benzene ring substituents is 1. The molecule has 0 bridgehead atoms. The van der Waals surface area contributed by atoms with E-state index in [0.717, 1.165) is 0 Å². The number of anilines is 1. The molecular formula is C12H16N2O5. The Morgan fingerprint density at radius 3 is 2.68 bits per heavy atom. The second-order valence-electron chi connectivity index (χ2n) is 4.19. The Morgan fingerprint density at radius 1 is 1.58 bits per heavy atom. The average molecular weight is 268 g/mol. The standard InChI is InChI=1S/C12H16N2O5/c1-8(19-3)7-13(2)11-6-9(14(17)18)4-5-10(11)12(15)16/h4-6,8H,7H2,1-3H3,(H,15,16). The molecule has 0 aliphatic carbocycles. The van der Waals surface area contributed by atoms with E-state index < -0.39 is 10.9 Å². The molecule has 0 amide bonds. The smallest absolute Gasteiger partial charge is 0.337 e. The molecule has 1 unspecified atom stereocenters. The minimum atomic E-state index is -1.12. The normalized spacial score (nSPS) is 11.9. The first-order chi connectivity index (χ1) is 8.86. The molecule has 7 nitrogen and oxygen atoms in total. The number of benzene rings is 1. The number of aromatic carboxylic acids is 1. The number of ether oxygens (including phenoxy) is 1. The van der Waals surface area contributed by atoms with Crippen molar-refractivity contribution in [1.82, 2.24) is 0 Å². The highest BCUT2D eigenvalue weighted by Crippen LogP contribution is 2.25. The average Bonchev–Trinajstić information content (AvgIpc) is 2.37. The van der Waals surface area contributed by atoms with Crippen molar-refractivity contribution < 1.29 is 19.6 Å². The van der Waals surface area contributed by atoms with E-state index in [1.807, 2.05) is 6.92 Å². The molecule has 0 aromatic heterocycles. The van der Waals surface area contributed by atoms with Crippen LogP contribution >= 0.6 is 0 Å². The largest absolute Gasteiger partial charge is 0.478 e. The highest BCUT2D eigenvalue weighted by atomic mass is 16.6. The third-order valence-corrected chi connectivity index (χ3v) is 2.77. The van der Waals surface area contributed by atoms with Gasteiger partial charge in [0.25, 0.3) is 5.69 Å². The Hall–Kier alpha value is -2.15. The van der Waals surface area contributed by atoms with Crippen molar-refractivity contribution in [1.29, 1.82) is 0 Å². The summed E-state index contributed by atoms with van der Waals surface area (Å²) in [7, 11) is 3.21. The fourth-order valence-electron chi connectivity index (χ4n) is 1.69. The van der Waals surface area contributed by atoms with Gasteiger partial charge < -0.3 is 14.7 Å². The molecule has 0 spiro atoms. The molecule has 0 heterocycles. The molecule has 1 atom stereocenters. The van der Waals surface area contributed by atoms with Gasteiger partial charge in [-0.1, -0.05) is 0 Å². The van der Waals surface area contributed by atoms with E-state index in [4.69, 9.17) is 9.84 Å². The monoisotopic (exact) mass is 268 g/mol. The molecule has 1 N–H and O–H groups in total. The van der Waals surface area contributed by atoms with Gasteiger partial charge in [-0.25, -0.2) is 4.79 Å². The van der Waals surface area contributed by atoms with Gasteiger partial charge in [-0.2, -0.15) is 0 Å². The summed E-state index contributed by atoms with van der Waals surface area (Å²) >= 11 is 0. The SMILES string of the molecule is COC(C)CN(C)c1cc([N+](=O)[O-])ccc1C(=O)O. The van der Waals surface area contributed by atoms with Crippen LogP contribution in [0.3, 0.4) is 0 Å². The van der Waals surface area contributed by atoms with Crippen molar-refractivity contribution in [3.63, 3.8) is 0 Å². The fraction of sp³-hybridized carbons (Fsp3) is 0.417. The number of nitro benzene ring substituents is 1. The number of hydrogen-bond donors (Lipinski definition) is 1. The second-order valence-corrected chi connectivity index (χ2v) is 4.19. The number of methoxy groups -OCH3 is 1. The van der Waals surface area contributed by atoms with Crippen molar-refractivity contribution in [2.45, 2.75) is 13.0 Å². The van der Waals surface area contributed by atoms with Crippen LogP contribution in [0.4, 0.5) is 11.4 Å². The predicted octanol–water partition coefficient (Wildman–Crippen LogP) is 1.76. The Kier molecular flexibility index (Phi) is 4.82. The zero-order chi connectivity index (χ0) is 14.6. The molecule has 0 radical (unpaired) electrons. The summed E-state index contributed by atoms with van der Waals surface area (Å²) < 4.78 is 5.10. The Bertz CT molecular complexity index is 489. The summed E-state index contributed by atoms with van der Waals surface area (Å²) in [6, 6.07) is 3.68. The van der Waals surface area contributed by atoms with Gasteiger partial charge in [0.15, 0.2) is 0 Å². The predicted molar refractivity (Wildman–Crippen MR) is 69.8 cm³/mol. The molecule has 19 heavy (non-hydrogen) atoms. The van der Waals surface area contributed by atoms with E-state index in [0.29, 0.717) is 12.2 Å². The quantitative estimate of drug-likeness (QED) is 0.624. The van der Waals surface area contributed by atoms with E-state index in [9.17, 15) is 14.9 Å². The Balaban J connectivity index is 3.16. The number of carboxylic acids is 1. The highest BCUT2D eigenvalue weighted by Gasteiger charge is 2.19. The first-order valence-corrected chi connectivity index (χ1v) is 5.62. The number of hydrogen-bond acceptors (Lipinski definition) is 5. The molecule has 1 aromatic carbocycles. The Morgan fingerprint density at radius 2 is 2.21 bits per heavy atom. The van der Waals surface area contributed by atoms with Gasteiger partial charge >= 0.3 is 5.97 Å². The number of carbonyl (C=O) groups is 1. The van der Waals surface area contributed by atoms with E-state index in [1.165, 1.54) is 18.2 Å². The summed E-state index contributed by atoms with van der Waals surface area (Å²) in [6.07, 6.45) is -0.120. The minimum absolute atomic E-state index is 0.0244. The minimum Gasteiger partial charge on any atom is -0.478 e. The van der Waals surface area contributed by atoms with Crippen LogP contribution in [0.5, 0.6) is 0 Å². The molecule has 1 rings (SSSR count). The van der Waals surface area contributed by atoms with Gasteiger partial charge in [0.2, 0.25) is 0 Å². The number of carboxylic acid groups (broad SMARTS) is 1. The molecule has 104 valence electrons. The maximum atomic E-state index is 11.1.